The molecule has 0 radical (unpaired) electrons. The smallest absolute Gasteiger partial charge is 0.257 e. The molecule has 3 aromatic rings. The van der Waals surface area contributed by atoms with E-state index in [2.05, 4.69) is 5.32 Å². The number of anilines is 1. The van der Waals surface area contributed by atoms with Crippen LogP contribution in [0.15, 0.2) is 35.3 Å². The van der Waals surface area contributed by atoms with Crippen molar-refractivity contribution in [2.75, 3.05) is 31.1 Å². The van der Waals surface area contributed by atoms with E-state index in [4.69, 9.17) is 34.8 Å². The second kappa shape index (κ2) is 10.2. The Hall–Kier alpha value is -2.81. The van der Waals surface area contributed by atoms with Crippen LogP contribution in [0.4, 0.5) is 10.1 Å². The fraction of sp³-hybridized carbons (Fsp3) is 0.346. The minimum Gasteiger partial charge on any atom is -0.364 e. The SMILES string of the molecule is CC(=O)N1CCN(c2c(F)cc3c(=O)c(C(=O)NCc4ccc(Cl)cc4Cl)cn(C4CC4)c3c2Cl)CC1. The van der Waals surface area contributed by atoms with Crippen LogP contribution in [-0.4, -0.2) is 47.5 Å². The molecule has 1 aliphatic heterocycles. The lowest BCUT2D eigenvalue weighted by atomic mass is 10.1. The Morgan fingerprint density at radius 1 is 1.08 bits per heavy atom. The predicted octanol–water partition coefficient (Wildman–Crippen LogP) is 5.03. The van der Waals surface area contributed by atoms with Crippen LogP contribution in [0.1, 0.15) is 41.7 Å². The predicted molar refractivity (Wildman–Crippen MR) is 144 cm³/mol. The van der Waals surface area contributed by atoms with Crippen LogP contribution in [0.5, 0.6) is 0 Å². The van der Waals surface area contributed by atoms with Crippen molar-refractivity contribution in [1.82, 2.24) is 14.8 Å². The van der Waals surface area contributed by atoms with Gasteiger partial charge in [0.1, 0.15) is 11.4 Å². The number of piperazine rings is 1. The van der Waals surface area contributed by atoms with E-state index in [0.29, 0.717) is 47.3 Å². The number of fused-ring (bicyclic) bond motifs is 1. The van der Waals surface area contributed by atoms with E-state index in [1.54, 1.807) is 28.0 Å². The molecule has 1 aromatic heterocycles. The van der Waals surface area contributed by atoms with Gasteiger partial charge in [0.2, 0.25) is 11.3 Å². The number of rotatable bonds is 5. The summed E-state index contributed by atoms with van der Waals surface area (Å²) < 4.78 is 17.3. The van der Waals surface area contributed by atoms with Gasteiger partial charge in [-0.2, -0.15) is 0 Å². The monoisotopic (exact) mass is 564 g/mol. The Bertz CT molecular complexity index is 1480. The normalized spacial score (nSPS) is 15.8. The van der Waals surface area contributed by atoms with Gasteiger partial charge in [-0.15, -0.1) is 0 Å². The lowest BCUT2D eigenvalue weighted by Crippen LogP contribution is -2.48. The molecule has 2 aliphatic rings. The number of pyridine rings is 1. The van der Waals surface area contributed by atoms with Gasteiger partial charge in [-0.1, -0.05) is 40.9 Å². The van der Waals surface area contributed by atoms with Crippen LogP contribution < -0.4 is 15.6 Å². The van der Waals surface area contributed by atoms with Gasteiger partial charge in [-0.05, 0) is 36.6 Å². The molecule has 2 heterocycles. The Balaban J connectivity index is 1.51. The average molecular weight is 566 g/mol. The molecule has 2 amide bonds. The standard InChI is InChI=1S/C26H24Cl3FN4O3/c1-14(35)32-6-8-33(9-7-32)24-21(30)11-18-23(22(24)29)34(17-4-5-17)13-19(25(18)36)26(37)31-12-15-2-3-16(27)10-20(15)28/h2-3,10-11,13,17H,4-9,12H2,1H3,(H,31,37). The Labute approximate surface area is 227 Å². The number of hydrogen-bond acceptors (Lipinski definition) is 4. The number of carbonyl (C=O) groups excluding carboxylic acids is 2. The number of amides is 2. The Kier molecular flexibility index (Phi) is 7.09. The van der Waals surface area contributed by atoms with Crippen molar-refractivity contribution in [3.63, 3.8) is 0 Å². The summed E-state index contributed by atoms with van der Waals surface area (Å²) in [5.74, 6) is -1.26. The zero-order chi connectivity index (χ0) is 26.4. The fourth-order valence-electron chi connectivity index (χ4n) is 4.70. The van der Waals surface area contributed by atoms with Crippen molar-refractivity contribution in [1.29, 1.82) is 0 Å². The van der Waals surface area contributed by atoms with Crippen LogP contribution in [0.25, 0.3) is 10.9 Å². The van der Waals surface area contributed by atoms with Crippen molar-refractivity contribution in [2.24, 2.45) is 0 Å². The van der Waals surface area contributed by atoms with Gasteiger partial charge in [0.15, 0.2) is 0 Å². The quantitative estimate of drug-likeness (QED) is 0.471. The van der Waals surface area contributed by atoms with Gasteiger partial charge < -0.3 is 19.7 Å². The molecule has 0 spiro atoms. The molecule has 1 N–H and O–H groups in total. The minimum atomic E-state index is -0.640. The summed E-state index contributed by atoms with van der Waals surface area (Å²) in [6.07, 6.45) is 3.24. The van der Waals surface area contributed by atoms with Crippen LogP contribution in [0.3, 0.4) is 0 Å². The first-order valence-electron chi connectivity index (χ1n) is 11.9. The molecule has 2 fully saturated rings. The first-order chi connectivity index (χ1) is 17.7. The minimum absolute atomic E-state index is 0.0311. The largest absolute Gasteiger partial charge is 0.364 e. The molecular weight excluding hydrogens is 542 g/mol. The van der Waals surface area contributed by atoms with Crippen molar-refractivity contribution < 1.29 is 14.0 Å². The molecule has 1 saturated carbocycles. The molecule has 0 bridgehead atoms. The summed E-state index contributed by atoms with van der Waals surface area (Å²) in [5, 5.41) is 3.78. The third-order valence-corrected chi connectivity index (χ3v) is 7.81. The third-order valence-electron chi connectivity index (χ3n) is 6.86. The zero-order valence-corrected chi connectivity index (χ0v) is 22.3. The van der Waals surface area contributed by atoms with E-state index in [-0.39, 0.29) is 40.2 Å². The number of carbonyl (C=O) groups is 2. The second-order valence-electron chi connectivity index (χ2n) is 9.34. The number of halogens is 4. The van der Waals surface area contributed by atoms with Gasteiger partial charge in [0.25, 0.3) is 5.91 Å². The molecule has 11 heteroatoms. The summed E-state index contributed by atoms with van der Waals surface area (Å²) in [5.41, 5.74) is 0.576. The first kappa shape index (κ1) is 25.8. The van der Waals surface area contributed by atoms with Crippen molar-refractivity contribution in [3.8, 4) is 0 Å². The van der Waals surface area contributed by atoms with Crippen molar-refractivity contribution in [2.45, 2.75) is 32.4 Å². The number of nitrogens with one attached hydrogen (secondary N) is 1. The second-order valence-corrected chi connectivity index (χ2v) is 10.6. The fourth-order valence-corrected chi connectivity index (χ4v) is 5.59. The molecule has 37 heavy (non-hydrogen) atoms. The number of nitrogens with zero attached hydrogens (tertiary/aromatic N) is 3. The highest BCUT2D eigenvalue weighted by atomic mass is 35.5. The lowest BCUT2D eigenvalue weighted by Gasteiger charge is -2.36. The molecule has 0 unspecified atom stereocenters. The van der Waals surface area contributed by atoms with Crippen LogP contribution in [-0.2, 0) is 11.3 Å². The van der Waals surface area contributed by atoms with Gasteiger partial charge in [0.05, 0.1) is 21.6 Å². The third kappa shape index (κ3) is 5.02. The lowest BCUT2D eigenvalue weighted by molar-refractivity contribution is -0.129. The molecule has 2 aromatic carbocycles. The van der Waals surface area contributed by atoms with Gasteiger partial charge >= 0.3 is 0 Å². The maximum Gasteiger partial charge on any atom is 0.257 e. The van der Waals surface area contributed by atoms with E-state index in [0.717, 1.165) is 12.8 Å². The molecule has 1 saturated heterocycles. The number of hydrogen-bond donors (Lipinski definition) is 1. The van der Waals surface area contributed by atoms with Gasteiger partial charge in [-0.3, -0.25) is 14.4 Å². The highest BCUT2D eigenvalue weighted by Gasteiger charge is 2.31. The molecule has 0 atom stereocenters. The zero-order valence-electron chi connectivity index (χ0n) is 20.0. The van der Waals surface area contributed by atoms with Crippen LogP contribution in [0, 0.1) is 5.82 Å². The highest BCUT2D eigenvalue weighted by molar-refractivity contribution is 6.38. The van der Waals surface area contributed by atoms with Crippen molar-refractivity contribution >= 4 is 63.2 Å². The van der Waals surface area contributed by atoms with E-state index in [1.807, 2.05) is 4.57 Å². The highest BCUT2D eigenvalue weighted by Crippen LogP contribution is 2.42. The summed E-state index contributed by atoms with van der Waals surface area (Å²) in [6.45, 7) is 3.35. The van der Waals surface area contributed by atoms with Crippen LogP contribution >= 0.6 is 34.8 Å². The van der Waals surface area contributed by atoms with Crippen molar-refractivity contribution in [3.05, 3.63) is 72.7 Å². The summed E-state index contributed by atoms with van der Waals surface area (Å²) >= 11 is 18.9. The molecule has 7 nitrogen and oxygen atoms in total. The Morgan fingerprint density at radius 2 is 1.78 bits per heavy atom. The van der Waals surface area contributed by atoms with E-state index < -0.39 is 17.2 Å². The van der Waals surface area contributed by atoms with Gasteiger partial charge in [0, 0.05) is 61.9 Å². The van der Waals surface area contributed by atoms with Crippen LogP contribution in [0.2, 0.25) is 15.1 Å². The maximum atomic E-state index is 15.4. The molecule has 194 valence electrons. The van der Waals surface area contributed by atoms with E-state index in [1.165, 1.54) is 19.2 Å². The molecule has 1 aliphatic carbocycles. The topological polar surface area (TPSA) is 74.7 Å². The molecular formula is C26H24Cl3FN4O3. The summed E-state index contributed by atoms with van der Waals surface area (Å²) in [7, 11) is 0. The van der Waals surface area contributed by atoms with E-state index in [9.17, 15) is 14.4 Å². The van der Waals surface area contributed by atoms with Gasteiger partial charge in [-0.25, -0.2) is 4.39 Å². The first-order valence-corrected chi connectivity index (χ1v) is 13.1. The summed E-state index contributed by atoms with van der Waals surface area (Å²) in [4.78, 5) is 41.6. The number of benzene rings is 2. The average Bonchev–Trinajstić information content (AvgIpc) is 3.70. The van der Waals surface area contributed by atoms with E-state index >= 15 is 4.39 Å². The maximum absolute atomic E-state index is 15.4. The summed E-state index contributed by atoms with van der Waals surface area (Å²) in [6, 6.07) is 6.16. The molecule has 5 rings (SSSR count). The number of aromatic nitrogens is 1. The Morgan fingerprint density at radius 3 is 2.41 bits per heavy atom.